The third kappa shape index (κ3) is 7.99. The second kappa shape index (κ2) is 12.4. The molecule has 0 saturated heterocycles. The molecule has 0 radical (unpaired) electrons. The van der Waals surface area contributed by atoms with E-state index in [0.717, 1.165) is 30.7 Å². The lowest BCUT2D eigenvalue weighted by Crippen LogP contribution is -2.36. The molecule has 0 aliphatic heterocycles. The van der Waals surface area contributed by atoms with E-state index < -0.39 is 29.0 Å². The predicted molar refractivity (Wildman–Crippen MR) is 138 cm³/mol. The van der Waals surface area contributed by atoms with Crippen molar-refractivity contribution in [3.05, 3.63) is 29.6 Å². The van der Waals surface area contributed by atoms with Crippen LogP contribution in [0.15, 0.2) is 18.2 Å². The van der Waals surface area contributed by atoms with Gasteiger partial charge >= 0.3 is 5.57 Å². The monoisotopic (exact) mass is 548 g/mol. The van der Waals surface area contributed by atoms with Crippen molar-refractivity contribution in [1.82, 2.24) is 0 Å². The Morgan fingerprint density at radius 1 is 0.811 bits per heavy atom. The molecule has 4 rings (SSSR count). The highest BCUT2D eigenvalue weighted by molar-refractivity contribution is 6.20. The van der Waals surface area contributed by atoms with Crippen LogP contribution in [-0.2, 0) is 0 Å². The summed E-state index contributed by atoms with van der Waals surface area (Å²) in [6.45, 7) is 2.26. The second-order valence-electron chi connectivity index (χ2n) is 12.1. The fourth-order valence-corrected chi connectivity index (χ4v) is 7.68. The largest absolute Gasteiger partial charge is 0.487 e. The highest BCUT2D eigenvalue weighted by atomic mass is 35.5. The number of benzene rings is 1. The summed E-state index contributed by atoms with van der Waals surface area (Å²) in [4.78, 5) is 0. The van der Waals surface area contributed by atoms with E-state index in [1.807, 2.05) is 0 Å². The average Bonchev–Trinajstić information content (AvgIpc) is 2.86. The maximum atomic E-state index is 15.3. The van der Waals surface area contributed by atoms with Crippen LogP contribution in [0.5, 0.6) is 5.75 Å². The van der Waals surface area contributed by atoms with Crippen LogP contribution in [-0.4, -0.2) is 11.5 Å². The van der Waals surface area contributed by atoms with Crippen molar-refractivity contribution in [1.29, 1.82) is 0 Å². The maximum absolute atomic E-state index is 15.3. The number of alkyl halides is 5. The molecule has 3 aliphatic carbocycles. The third-order valence-electron chi connectivity index (χ3n) is 9.68. The molecule has 0 bridgehead atoms. The van der Waals surface area contributed by atoms with Gasteiger partial charge in [0.15, 0.2) is 11.6 Å². The molecular formula is C30H42ClF5O. The van der Waals surface area contributed by atoms with Crippen molar-refractivity contribution < 1.29 is 26.7 Å². The smallest absolute Gasteiger partial charge is 0.417 e. The lowest BCUT2D eigenvalue weighted by Gasteiger charge is -2.40. The Balaban J connectivity index is 1.21. The molecule has 1 nitrogen and oxygen atoms in total. The van der Waals surface area contributed by atoms with Crippen LogP contribution in [0.25, 0.3) is 0 Å². The molecular weight excluding hydrogens is 507 g/mol. The van der Waals surface area contributed by atoms with Crippen molar-refractivity contribution in [3.8, 4) is 5.75 Å². The Morgan fingerprint density at radius 2 is 1.38 bits per heavy atom. The minimum atomic E-state index is -3.97. The summed E-state index contributed by atoms with van der Waals surface area (Å²) in [5, 5.41) is 0. The van der Waals surface area contributed by atoms with Crippen LogP contribution in [0.1, 0.15) is 115 Å². The number of hydrogen-bond donors (Lipinski definition) is 0. The molecule has 1 aromatic rings. The molecule has 0 heterocycles. The minimum Gasteiger partial charge on any atom is -0.417 e. The zero-order valence-corrected chi connectivity index (χ0v) is 22.7. The highest BCUT2D eigenvalue weighted by Gasteiger charge is 2.44. The normalized spacial score (nSPS) is 31.8. The number of hydrogen-bond acceptors (Lipinski definition) is 1. The Morgan fingerprint density at radius 3 is 1.92 bits per heavy atom. The van der Waals surface area contributed by atoms with Gasteiger partial charge in [-0.3, -0.25) is 0 Å². The summed E-state index contributed by atoms with van der Waals surface area (Å²) in [7, 11) is 0. The van der Waals surface area contributed by atoms with E-state index in [-0.39, 0.29) is 18.3 Å². The molecule has 0 amide bonds. The van der Waals surface area contributed by atoms with Gasteiger partial charge in [-0.2, -0.15) is 0 Å². The average molecular weight is 549 g/mol. The molecule has 7 heteroatoms. The molecule has 1 aromatic carbocycles. The summed E-state index contributed by atoms with van der Waals surface area (Å²) < 4.78 is 74.6. The van der Waals surface area contributed by atoms with Crippen LogP contribution in [0.2, 0.25) is 0 Å². The number of rotatable bonds is 9. The Hall–Kier alpha value is -1.04. The van der Waals surface area contributed by atoms with E-state index in [9.17, 15) is 13.2 Å². The molecule has 0 atom stereocenters. The molecule has 0 spiro atoms. The van der Waals surface area contributed by atoms with E-state index in [2.05, 4.69) is 11.7 Å². The first-order valence-electron chi connectivity index (χ1n) is 14.5. The van der Waals surface area contributed by atoms with Gasteiger partial charge in [0.2, 0.25) is 0 Å². The maximum Gasteiger partial charge on any atom is 0.487 e. The summed E-state index contributed by atoms with van der Waals surface area (Å²) in [6.07, 6.45) is 13.7. The van der Waals surface area contributed by atoms with Gasteiger partial charge < -0.3 is 4.74 Å². The fraction of sp³-hybridized carbons (Fsp3) is 0.800. The first-order valence-corrected chi connectivity index (χ1v) is 14.8. The Kier molecular flexibility index (Phi) is 9.73. The van der Waals surface area contributed by atoms with Gasteiger partial charge in [-0.1, -0.05) is 38.7 Å². The standard InChI is InChI=1S/C30H42ClF5O/c1-2-3-20-4-8-22(9-5-20)23-12-15-26(16-13-23)29(33,34)19-21-6-10-24(11-7-21)25-14-17-28(27(32)18-25)37-30(31,35)36/h14,17-18,20-24,26H,2-13,15-16,19H2,1H3. The van der Waals surface area contributed by atoms with E-state index in [1.54, 1.807) is 6.07 Å². The highest BCUT2D eigenvalue weighted by Crippen LogP contribution is 2.49. The molecule has 0 N–H and O–H groups in total. The number of ether oxygens (including phenoxy) is 1. The van der Waals surface area contributed by atoms with Gasteiger partial charge in [0.1, 0.15) is 0 Å². The van der Waals surface area contributed by atoms with Crippen molar-refractivity contribution in [3.63, 3.8) is 0 Å². The SMILES string of the molecule is CCCC1CCC(C2CCC(C(F)(F)CC3CCC(c4ccc(OC(F)(F)Cl)c(F)c4)CC3)CC2)CC1. The Bertz CT molecular complexity index is 848. The first kappa shape index (κ1) is 29.0. The lowest BCUT2D eigenvalue weighted by molar-refractivity contribution is -0.0990. The van der Waals surface area contributed by atoms with Gasteiger partial charge in [-0.05, 0) is 111 Å². The molecule has 3 fully saturated rings. The van der Waals surface area contributed by atoms with Crippen LogP contribution in [0, 0.1) is 35.4 Å². The fourth-order valence-electron chi connectivity index (χ4n) is 7.60. The van der Waals surface area contributed by atoms with Crippen molar-refractivity contribution >= 4 is 11.6 Å². The minimum absolute atomic E-state index is 0.0276. The molecule has 0 aromatic heterocycles. The van der Waals surface area contributed by atoms with Gasteiger partial charge in [0.05, 0.1) is 0 Å². The van der Waals surface area contributed by atoms with Crippen LogP contribution < -0.4 is 4.74 Å². The van der Waals surface area contributed by atoms with E-state index >= 15 is 8.78 Å². The zero-order valence-electron chi connectivity index (χ0n) is 22.0. The quantitative estimate of drug-likeness (QED) is 0.220. The molecule has 210 valence electrons. The zero-order chi connectivity index (χ0) is 26.6. The number of halogens is 6. The molecule has 37 heavy (non-hydrogen) atoms. The lowest BCUT2D eigenvalue weighted by atomic mass is 9.67. The van der Waals surface area contributed by atoms with Crippen LogP contribution in [0.3, 0.4) is 0 Å². The van der Waals surface area contributed by atoms with Crippen molar-refractivity contribution in [2.75, 3.05) is 0 Å². The van der Waals surface area contributed by atoms with Gasteiger partial charge in [0, 0.05) is 23.9 Å². The summed E-state index contributed by atoms with van der Waals surface area (Å²) in [5.41, 5.74) is -3.28. The predicted octanol–water partition coefficient (Wildman–Crippen LogP) is 10.7. The van der Waals surface area contributed by atoms with Crippen LogP contribution >= 0.6 is 11.6 Å². The summed E-state index contributed by atoms with van der Waals surface area (Å²) in [5.74, 6) is -2.35. The summed E-state index contributed by atoms with van der Waals surface area (Å²) in [6, 6.07) is 3.93. The van der Waals surface area contributed by atoms with Crippen molar-refractivity contribution in [2.45, 2.75) is 121 Å². The molecule has 3 saturated carbocycles. The van der Waals surface area contributed by atoms with Gasteiger partial charge in [-0.15, -0.1) is 8.78 Å². The van der Waals surface area contributed by atoms with E-state index in [4.69, 9.17) is 11.6 Å². The second-order valence-corrected chi connectivity index (χ2v) is 12.5. The topological polar surface area (TPSA) is 9.23 Å². The van der Waals surface area contributed by atoms with Gasteiger partial charge in [0.25, 0.3) is 5.92 Å². The third-order valence-corrected chi connectivity index (χ3v) is 9.76. The van der Waals surface area contributed by atoms with Crippen LogP contribution in [0.4, 0.5) is 22.0 Å². The summed E-state index contributed by atoms with van der Waals surface area (Å²) >= 11 is 4.73. The first-order chi connectivity index (χ1) is 17.5. The molecule has 3 aliphatic rings. The van der Waals surface area contributed by atoms with E-state index in [0.29, 0.717) is 50.0 Å². The molecule has 0 unspecified atom stereocenters. The van der Waals surface area contributed by atoms with Crippen molar-refractivity contribution in [2.24, 2.45) is 29.6 Å². The van der Waals surface area contributed by atoms with Gasteiger partial charge in [-0.25, -0.2) is 13.2 Å². The Labute approximate surface area is 223 Å². The van der Waals surface area contributed by atoms with E-state index in [1.165, 1.54) is 44.6 Å².